The summed E-state index contributed by atoms with van der Waals surface area (Å²) in [6.07, 6.45) is 3.66. The average molecular weight is 161 g/mol. The van der Waals surface area contributed by atoms with Crippen LogP contribution in [0.3, 0.4) is 0 Å². The molecule has 1 aliphatic heterocycles. The van der Waals surface area contributed by atoms with Crippen LogP contribution in [0.25, 0.3) is 0 Å². The van der Waals surface area contributed by atoms with E-state index in [-0.39, 0.29) is 0 Å². The number of fused-ring (bicyclic) bond motifs is 1. The van der Waals surface area contributed by atoms with Gasteiger partial charge in [-0.1, -0.05) is 12.1 Å². The van der Waals surface area contributed by atoms with Crippen LogP contribution in [0, 0.1) is 0 Å². The van der Waals surface area contributed by atoms with Gasteiger partial charge < -0.3 is 9.64 Å². The van der Waals surface area contributed by atoms with Crippen LogP contribution in [0.1, 0.15) is 6.92 Å². The van der Waals surface area contributed by atoms with Crippen molar-refractivity contribution in [3.05, 3.63) is 36.7 Å². The largest absolute Gasteiger partial charge is 0.461 e. The lowest BCUT2D eigenvalue weighted by atomic mass is 10.2. The molecule has 0 N–H and O–H groups in total. The molecule has 0 fully saturated rings. The van der Waals surface area contributed by atoms with E-state index < -0.39 is 0 Å². The highest BCUT2D eigenvalue weighted by molar-refractivity contribution is 5.61. The maximum atomic E-state index is 5.33. The molecule has 1 aliphatic rings. The summed E-state index contributed by atoms with van der Waals surface area (Å²) in [7, 11) is 0. The maximum absolute atomic E-state index is 5.33. The predicted octanol–water partition coefficient (Wildman–Crippen LogP) is 2.38. The molecular formula is C10H11NO. The lowest BCUT2D eigenvalue weighted by Crippen LogP contribution is -2.18. The first-order valence-corrected chi connectivity index (χ1v) is 4.11. The van der Waals surface area contributed by atoms with Crippen LogP contribution in [0.4, 0.5) is 5.69 Å². The van der Waals surface area contributed by atoms with E-state index in [2.05, 4.69) is 17.9 Å². The molecule has 2 rings (SSSR count). The number of para-hydroxylation sites is 2. The van der Waals surface area contributed by atoms with E-state index in [1.54, 1.807) is 6.26 Å². The van der Waals surface area contributed by atoms with Gasteiger partial charge in [0.1, 0.15) is 12.0 Å². The SMILES string of the molecule is CCN1C=COc2ccccc21. The highest BCUT2D eigenvalue weighted by Gasteiger charge is 2.10. The zero-order valence-electron chi connectivity index (χ0n) is 7.03. The second-order valence-electron chi connectivity index (χ2n) is 2.66. The second-order valence-corrected chi connectivity index (χ2v) is 2.66. The van der Waals surface area contributed by atoms with Crippen molar-refractivity contribution in [1.82, 2.24) is 0 Å². The van der Waals surface area contributed by atoms with Crippen molar-refractivity contribution in [1.29, 1.82) is 0 Å². The third-order valence-electron chi connectivity index (χ3n) is 1.95. The van der Waals surface area contributed by atoms with Gasteiger partial charge in [-0.05, 0) is 19.1 Å². The van der Waals surface area contributed by atoms with Gasteiger partial charge in [0.15, 0.2) is 0 Å². The maximum Gasteiger partial charge on any atom is 0.150 e. The number of nitrogens with zero attached hydrogens (tertiary/aromatic N) is 1. The molecule has 62 valence electrons. The number of benzene rings is 1. The number of rotatable bonds is 1. The van der Waals surface area contributed by atoms with E-state index in [9.17, 15) is 0 Å². The Morgan fingerprint density at radius 2 is 2.17 bits per heavy atom. The molecule has 0 aromatic heterocycles. The summed E-state index contributed by atoms with van der Waals surface area (Å²) in [5.74, 6) is 0.932. The molecular weight excluding hydrogens is 150 g/mol. The normalized spacial score (nSPS) is 13.9. The van der Waals surface area contributed by atoms with Gasteiger partial charge in [-0.25, -0.2) is 0 Å². The van der Waals surface area contributed by atoms with E-state index in [1.165, 1.54) is 0 Å². The van der Waals surface area contributed by atoms with Gasteiger partial charge in [-0.2, -0.15) is 0 Å². The van der Waals surface area contributed by atoms with Crippen molar-refractivity contribution < 1.29 is 4.74 Å². The predicted molar refractivity (Wildman–Crippen MR) is 49.2 cm³/mol. The highest BCUT2D eigenvalue weighted by Crippen LogP contribution is 2.30. The van der Waals surface area contributed by atoms with Crippen molar-refractivity contribution in [3.8, 4) is 5.75 Å². The fraction of sp³-hybridized carbons (Fsp3) is 0.200. The first-order valence-electron chi connectivity index (χ1n) is 4.11. The van der Waals surface area contributed by atoms with Gasteiger partial charge in [-0.3, -0.25) is 0 Å². The molecule has 0 amide bonds. The van der Waals surface area contributed by atoms with Crippen LogP contribution in [0.15, 0.2) is 36.7 Å². The molecule has 0 saturated carbocycles. The van der Waals surface area contributed by atoms with Crippen LogP contribution in [0.2, 0.25) is 0 Å². The summed E-state index contributed by atoms with van der Waals surface area (Å²) in [6.45, 7) is 3.09. The Hall–Kier alpha value is -1.44. The van der Waals surface area contributed by atoms with E-state index in [0.29, 0.717) is 0 Å². The fourth-order valence-electron chi connectivity index (χ4n) is 1.33. The molecule has 1 aromatic carbocycles. The summed E-state index contributed by atoms with van der Waals surface area (Å²) in [4.78, 5) is 2.15. The second kappa shape index (κ2) is 2.89. The average Bonchev–Trinajstić information content (AvgIpc) is 2.17. The molecule has 2 heteroatoms. The van der Waals surface area contributed by atoms with Gasteiger partial charge in [0.05, 0.1) is 5.69 Å². The van der Waals surface area contributed by atoms with Crippen molar-refractivity contribution in [2.45, 2.75) is 6.92 Å². The van der Waals surface area contributed by atoms with Crippen LogP contribution in [-0.2, 0) is 0 Å². The summed E-state index contributed by atoms with van der Waals surface area (Å²) in [5, 5.41) is 0. The molecule has 0 aliphatic carbocycles. The monoisotopic (exact) mass is 161 g/mol. The van der Waals surface area contributed by atoms with Crippen LogP contribution in [0.5, 0.6) is 5.75 Å². The Bertz CT molecular complexity index is 306. The lowest BCUT2D eigenvalue weighted by molar-refractivity contribution is 0.470. The van der Waals surface area contributed by atoms with Crippen molar-refractivity contribution in [2.24, 2.45) is 0 Å². The molecule has 0 radical (unpaired) electrons. The van der Waals surface area contributed by atoms with Gasteiger partial charge >= 0.3 is 0 Å². The smallest absolute Gasteiger partial charge is 0.150 e. The Kier molecular flexibility index (Phi) is 1.74. The van der Waals surface area contributed by atoms with Crippen LogP contribution in [-0.4, -0.2) is 6.54 Å². The fourth-order valence-corrected chi connectivity index (χ4v) is 1.33. The van der Waals surface area contributed by atoms with E-state index in [0.717, 1.165) is 18.0 Å². The van der Waals surface area contributed by atoms with Gasteiger partial charge in [0.2, 0.25) is 0 Å². The molecule has 0 bridgehead atoms. The summed E-state index contributed by atoms with van der Waals surface area (Å²) in [5.41, 5.74) is 1.14. The Morgan fingerprint density at radius 3 is 3.00 bits per heavy atom. The standard InChI is InChI=1S/C10H11NO/c1-2-11-7-8-12-10-6-4-3-5-9(10)11/h3-8H,2H2,1H3. The molecule has 0 atom stereocenters. The molecule has 1 heterocycles. The first kappa shape index (κ1) is 7.22. The Labute approximate surface area is 72.1 Å². The Balaban J connectivity index is 2.43. The third kappa shape index (κ3) is 1.05. The van der Waals surface area contributed by atoms with Crippen LogP contribution >= 0.6 is 0 Å². The molecule has 12 heavy (non-hydrogen) atoms. The minimum atomic E-state index is 0.932. The number of hydrogen-bond acceptors (Lipinski definition) is 2. The lowest BCUT2D eigenvalue weighted by Gasteiger charge is -2.24. The topological polar surface area (TPSA) is 12.5 Å². The zero-order valence-corrected chi connectivity index (χ0v) is 7.03. The molecule has 0 unspecified atom stereocenters. The number of hydrogen-bond donors (Lipinski definition) is 0. The van der Waals surface area contributed by atoms with Gasteiger partial charge in [0, 0.05) is 12.7 Å². The summed E-state index contributed by atoms with van der Waals surface area (Å²) >= 11 is 0. The van der Waals surface area contributed by atoms with Crippen LogP contribution < -0.4 is 9.64 Å². The molecule has 2 nitrogen and oxygen atoms in total. The minimum absolute atomic E-state index is 0.932. The first-order chi connectivity index (χ1) is 5.92. The van der Waals surface area contributed by atoms with Gasteiger partial charge in [-0.15, -0.1) is 0 Å². The number of anilines is 1. The molecule has 1 aromatic rings. The molecule has 0 saturated heterocycles. The highest BCUT2D eigenvalue weighted by atomic mass is 16.5. The Morgan fingerprint density at radius 1 is 1.33 bits per heavy atom. The summed E-state index contributed by atoms with van der Waals surface area (Å²) < 4.78 is 5.33. The van der Waals surface area contributed by atoms with E-state index >= 15 is 0 Å². The molecule has 0 spiro atoms. The van der Waals surface area contributed by atoms with E-state index in [4.69, 9.17) is 4.74 Å². The van der Waals surface area contributed by atoms with Crippen molar-refractivity contribution in [3.63, 3.8) is 0 Å². The quantitative estimate of drug-likeness (QED) is 0.627. The van der Waals surface area contributed by atoms with Gasteiger partial charge in [0.25, 0.3) is 0 Å². The van der Waals surface area contributed by atoms with Crippen molar-refractivity contribution >= 4 is 5.69 Å². The van der Waals surface area contributed by atoms with E-state index in [1.807, 2.05) is 24.4 Å². The zero-order chi connectivity index (χ0) is 8.39. The number of ether oxygens (including phenoxy) is 1. The van der Waals surface area contributed by atoms with Crippen molar-refractivity contribution in [2.75, 3.05) is 11.4 Å². The third-order valence-corrected chi connectivity index (χ3v) is 1.95. The minimum Gasteiger partial charge on any atom is -0.461 e. The summed E-state index contributed by atoms with van der Waals surface area (Å²) in [6, 6.07) is 8.03.